The van der Waals surface area contributed by atoms with Gasteiger partial charge in [0.25, 0.3) is 23.6 Å². The van der Waals surface area contributed by atoms with Crippen LogP contribution in [0.3, 0.4) is 0 Å². The van der Waals surface area contributed by atoms with Crippen LogP contribution in [0.2, 0.25) is 12.1 Å². The number of amides is 6. The van der Waals surface area contributed by atoms with Gasteiger partial charge in [0.15, 0.2) is 0 Å². The summed E-state index contributed by atoms with van der Waals surface area (Å²) in [7, 11) is 3.41. The molecular formula is C110H120N4O16Si2. The van der Waals surface area contributed by atoms with Gasteiger partial charge in [-0.15, -0.1) is 0 Å². The number of fused-ring (bicyclic) bond motifs is 4. The molecule has 2 saturated carbocycles. The Kier molecular flexibility index (Phi) is 25.4. The Morgan fingerprint density at radius 1 is 0.341 bits per heavy atom. The molecular weight excluding hydrogens is 1690 g/mol. The first kappa shape index (κ1) is 92.2. The Hall–Kier alpha value is -11.7. The van der Waals surface area contributed by atoms with E-state index < -0.39 is 65.1 Å². The minimum Gasteiger partial charge on any atom is -0.457 e. The van der Waals surface area contributed by atoms with E-state index in [-0.39, 0.29) is 114 Å². The van der Waals surface area contributed by atoms with Crippen molar-refractivity contribution in [3.05, 3.63) is 262 Å². The molecule has 2 fully saturated rings. The molecule has 13 aromatic carbocycles. The lowest BCUT2D eigenvalue weighted by atomic mass is 9.80. The average molecular weight is 1810 g/mol. The van der Waals surface area contributed by atoms with Gasteiger partial charge in [0.05, 0.1) is 22.3 Å². The standard InChI is InChI=1S/C110H120N4O16Si2/c1-107(2,3)71-39-47-77(48-40-71)127-89-59-83-93-84(104(118)113(103(83)117)87(57-69-33-25-31-67-29-19-21-37-81(67)69)101(115)111-75-35-23-27-65(55-75)63-131(121-13,122-14)123-15)61-91(129-79-51-43-73(44-52-79)109(7,8)9)97-98-92(130-80-53-45-74(46-54-80)110(10,11)12)62-86-94-85(60-90(96(100(94)98)95(89)99(93)97)128-78-49-41-72(42-50-78)108(4,5)6)105(119)114(106(86)120)88(58-70-34-26-32-68-30-20-22-38-82(68)70)102(116)112-76-36-24-28-66(56-76)64-132(124-16,125-17)126-18/h19-22,25-26,29-34,37-54,59-62,65-66,75-76,87-88H,23-24,27-28,35-36,55-58,63-64H2,1-18H3,(H,111,115)(H,112,116). The maximum absolute atomic E-state index is 17.4. The summed E-state index contributed by atoms with van der Waals surface area (Å²) in [5.74, 6) is -2.27. The minimum atomic E-state index is -3.10. The molecule has 132 heavy (non-hydrogen) atoms. The topological polar surface area (TPSA) is 225 Å². The zero-order chi connectivity index (χ0) is 93.4. The second kappa shape index (κ2) is 36.4. The van der Waals surface area contributed by atoms with Gasteiger partial charge in [-0.05, 0) is 187 Å². The highest BCUT2D eigenvalue weighted by Gasteiger charge is 2.50. The van der Waals surface area contributed by atoms with Crippen molar-refractivity contribution in [2.75, 3.05) is 42.7 Å². The number of nitrogens with one attached hydrogen (secondary N) is 2. The van der Waals surface area contributed by atoms with Crippen molar-refractivity contribution in [2.45, 2.75) is 205 Å². The van der Waals surface area contributed by atoms with E-state index in [4.69, 9.17) is 45.5 Å². The second-order valence-electron chi connectivity index (χ2n) is 40.3. The Morgan fingerprint density at radius 3 is 0.871 bits per heavy atom. The normalized spacial score (nSPS) is 17.6. The van der Waals surface area contributed by atoms with Crippen molar-refractivity contribution in [1.82, 2.24) is 20.4 Å². The smallest absolute Gasteiger partial charge is 0.457 e. The van der Waals surface area contributed by atoms with Crippen molar-refractivity contribution in [2.24, 2.45) is 11.8 Å². The fourth-order valence-electron chi connectivity index (χ4n) is 20.5. The monoisotopic (exact) mass is 1810 g/mol. The van der Waals surface area contributed by atoms with E-state index in [2.05, 4.69) is 93.7 Å². The van der Waals surface area contributed by atoms with Gasteiger partial charge in [0.2, 0.25) is 11.8 Å². The SMILES string of the molecule is CO[Si](CC1CCCC(NC(=O)C(Cc2cccc3ccccc23)N2C(=O)c3cc(Oc4ccc(C(C)(C)C)cc4)c4c5c(Oc6ccc(C(C)(C)C)cc6)cc6c7c(cc(Oc8ccc(C(C)(C)C)cc8)c(c8c(Oc9ccc(C(C)(C)C)cc9)cc(c3c48)C2=O)c75)C(=O)N(C(Cc2cccc3ccccc23)C(=O)NC2CCCC(C[Si](OC)(OC)OC)C2)C6=O)C1)(OC)OC. The first-order valence-electron chi connectivity index (χ1n) is 46.1. The van der Waals surface area contributed by atoms with Crippen LogP contribution in [0.1, 0.15) is 209 Å². The number of imide groups is 2. The van der Waals surface area contributed by atoms with E-state index in [1.165, 1.54) is 0 Å². The van der Waals surface area contributed by atoms with E-state index >= 15 is 28.8 Å². The number of carbonyl (C=O) groups excluding carboxylic acids is 6. The number of rotatable bonds is 28. The Balaban J connectivity index is 0.964. The van der Waals surface area contributed by atoms with Gasteiger partial charge in [0.1, 0.15) is 58.1 Å². The highest BCUT2D eigenvalue weighted by atomic mass is 28.4. The van der Waals surface area contributed by atoms with Gasteiger partial charge >= 0.3 is 17.6 Å². The molecule has 0 spiro atoms. The molecule has 684 valence electrons. The van der Waals surface area contributed by atoms with Gasteiger partial charge < -0.3 is 56.1 Å². The summed E-state index contributed by atoms with van der Waals surface area (Å²) in [5, 5.41) is 12.5. The summed E-state index contributed by atoms with van der Waals surface area (Å²) >= 11 is 0. The molecule has 0 aromatic heterocycles. The van der Waals surface area contributed by atoms with Crippen molar-refractivity contribution >= 4 is 118 Å². The third-order valence-electron chi connectivity index (χ3n) is 27.8. The van der Waals surface area contributed by atoms with Crippen molar-refractivity contribution in [3.8, 4) is 46.0 Å². The lowest BCUT2D eigenvalue weighted by Crippen LogP contribution is -2.56. The molecule has 0 radical (unpaired) electrons. The Labute approximate surface area is 775 Å². The van der Waals surface area contributed by atoms with Crippen molar-refractivity contribution < 1.29 is 74.3 Å². The first-order valence-corrected chi connectivity index (χ1v) is 50.0. The summed E-state index contributed by atoms with van der Waals surface area (Å²) in [4.78, 5) is 105. The van der Waals surface area contributed by atoms with Crippen LogP contribution in [0.15, 0.2) is 206 Å². The van der Waals surface area contributed by atoms with Gasteiger partial charge in [-0.3, -0.25) is 38.6 Å². The van der Waals surface area contributed by atoms with Crippen LogP contribution >= 0.6 is 0 Å². The summed E-state index contributed by atoms with van der Waals surface area (Å²) in [5.41, 5.74) is 4.40. The minimum absolute atomic E-state index is 0.0186. The highest BCUT2D eigenvalue weighted by molar-refractivity contribution is 6.61. The summed E-state index contributed by atoms with van der Waals surface area (Å²) < 4.78 is 66.2. The predicted octanol–water partition coefficient (Wildman–Crippen LogP) is 23.9. The molecule has 22 heteroatoms. The van der Waals surface area contributed by atoms with Crippen LogP contribution in [0.25, 0.3) is 64.6 Å². The van der Waals surface area contributed by atoms with Gasteiger partial charge in [-0.1, -0.05) is 242 Å². The quantitative estimate of drug-likeness (QED) is 0.0201. The molecule has 13 aromatic rings. The number of carbonyl (C=O) groups is 6. The van der Waals surface area contributed by atoms with Crippen LogP contribution in [0, 0.1) is 11.8 Å². The maximum atomic E-state index is 17.4. The zero-order valence-corrected chi connectivity index (χ0v) is 81.0. The number of hydrogen-bond donors (Lipinski definition) is 2. The number of benzene rings is 13. The third kappa shape index (κ3) is 17.8. The fourth-order valence-corrected chi connectivity index (χ4v) is 24.7. The molecule has 2 N–H and O–H groups in total. The lowest BCUT2D eigenvalue weighted by molar-refractivity contribution is -0.126. The molecule has 0 saturated heterocycles. The predicted molar refractivity (Wildman–Crippen MR) is 523 cm³/mol. The Bertz CT molecular complexity index is 5950. The molecule has 6 unspecified atom stereocenters. The Morgan fingerprint density at radius 2 is 0.606 bits per heavy atom. The highest BCUT2D eigenvalue weighted by Crippen LogP contribution is 2.59. The van der Waals surface area contributed by atoms with Crippen LogP contribution < -0.4 is 29.6 Å². The second-order valence-corrected chi connectivity index (χ2v) is 46.3. The average Bonchev–Trinajstić information content (AvgIpc) is 0.668. The maximum Gasteiger partial charge on any atom is 0.500 e. The van der Waals surface area contributed by atoms with Gasteiger partial charge in [-0.25, -0.2) is 0 Å². The summed E-state index contributed by atoms with van der Waals surface area (Å²) in [6, 6.07) is 62.5. The van der Waals surface area contributed by atoms with Crippen LogP contribution in [-0.4, -0.2) is 130 Å². The number of ether oxygens (including phenoxy) is 4. The van der Waals surface area contributed by atoms with E-state index in [1.807, 2.05) is 182 Å². The first-order chi connectivity index (χ1) is 63.0. The lowest BCUT2D eigenvalue weighted by Gasteiger charge is -2.38. The van der Waals surface area contributed by atoms with Crippen LogP contribution in [-0.2, 0) is 70.6 Å². The molecule has 6 atom stereocenters. The van der Waals surface area contributed by atoms with Gasteiger partial charge in [-0.2, -0.15) is 0 Å². The van der Waals surface area contributed by atoms with Crippen LogP contribution in [0.5, 0.6) is 46.0 Å². The van der Waals surface area contributed by atoms with E-state index in [0.29, 0.717) is 93.1 Å². The van der Waals surface area contributed by atoms with Gasteiger partial charge in [0, 0.05) is 123 Å². The number of hydrogen-bond acceptors (Lipinski definition) is 16. The van der Waals surface area contributed by atoms with E-state index in [0.717, 1.165) is 90.4 Å². The molecule has 4 aliphatic rings. The van der Waals surface area contributed by atoms with E-state index in [1.54, 1.807) is 66.9 Å². The molecule has 17 rings (SSSR count). The number of nitrogens with zero attached hydrogens (tertiary/aromatic N) is 2. The molecule has 0 bridgehead atoms. The van der Waals surface area contributed by atoms with Crippen molar-refractivity contribution in [1.29, 1.82) is 0 Å². The third-order valence-corrected chi connectivity index (χ3v) is 33.7. The summed E-state index contributed by atoms with van der Waals surface area (Å²) in [6.07, 6.45) is 5.40. The molecule has 6 amide bonds. The fraction of sp³-hybridized carbons (Fsp3) is 0.364. The summed E-state index contributed by atoms with van der Waals surface area (Å²) in [6.45, 7) is 25.5. The molecule has 2 aliphatic carbocycles. The zero-order valence-electron chi connectivity index (χ0n) is 79.0. The van der Waals surface area contributed by atoms with E-state index in [9.17, 15) is 0 Å². The van der Waals surface area contributed by atoms with Crippen molar-refractivity contribution in [3.63, 3.8) is 0 Å². The molecule has 2 aliphatic heterocycles. The van der Waals surface area contributed by atoms with Crippen LogP contribution in [0.4, 0.5) is 0 Å². The molecule has 20 nitrogen and oxygen atoms in total. The largest absolute Gasteiger partial charge is 0.500 e. The molecule has 2 heterocycles.